The molecule has 0 saturated carbocycles. The molecule has 10 heteroatoms. The highest BCUT2D eigenvalue weighted by Crippen LogP contribution is 2.35. The number of morpholine rings is 1. The van der Waals surface area contributed by atoms with Gasteiger partial charge in [0.15, 0.2) is 6.61 Å². The molecule has 170 valence electrons. The molecule has 2 aromatic rings. The van der Waals surface area contributed by atoms with Crippen LogP contribution in [0.3, 0.4) is 0 Å². The van der Waals surface area contributed by atoms with Gasteiger partial charge in [0.1, 0.15) is 12.3 Å². The number of carbonyl (C=O) groups is 2. The van der Waals surface area contributed by atoms with Crippen LogP contribution in [-0.4, -0.2) is 64.0 Å². The van der Waals surface area contributed by atoms with E-state index < -0.39 is 21.8 Å². The fourth-order valence-corrected chi connectivity index (χ4v) is 5.27. The summed E-state index contributed by atoms with van der Waals surface area (Å²) in [5.74, 6) is -0.462. The summed E-state index contributed by atoms with van der Waals surface area (Å²) in [6, 6.07) is 10.0. The van der Waals surface area contributed by atoms with E-state index in [1.807, 2.05) is 32.0 Å². The lowest BCUT2D eigenvalue weighted by Crippen LogP contribution is -2.44. The Bertz CT molecular complexity index is 1140. The molecule has 1 N–H and O–H groups in total. The van der Waals surface area contributed by atoms with Gasteiger partial charge in [-0.05, 0) is 55.3 Å². The molecule has 2 heterocycles. The van der Waals surface area contributed by atoms with Crippen LogP contribution >= 0.6 is 0 Å². The lowest BCUT2D eigenvalue weighted by Gasteiger charge is -2.30. The average Bonchev–Trinajstić information content (AvgIpc) is 2.75. The maximum absolute atomic E-state index is 13.0. The molecule has 32 heavy (non-hydrogen) atoms. The van der Waals surface area contributed by atoms with Gasteiger partial charge in [-0.15, -0.1) is 0 Å². The van der Waals surface area contributed by atoms with Crippen molar-refractivity contribution in [3.63, 3.8) is 0 Å². The van der Waals surface area contributed by atoms with Crippen LogP contribution in [0.2, 0.25) is 0 Å². The lowest BCUT2D eigenvalue weighted by atomic mass is 10.1. The second-order valence-corrected chi connectivity index (χ2v) is 9.78. The number of nitrogens with one attached hydrogen (secondary N) is 1. The predicted molar refractivity (Wildman–Crippen MR) is 118 cm³/mol. The first-order valence-electron chi connectivity index (χ1n) is 10.3. The van der Waals surface area contributed by atoms with E-state index in [1.165, 1.54) is 27.4 Å². The molecule has 0 bridgehead atoms. The first-order valence-corrected chi connectivity index (χ1v) is 11.7. The van der Waals surface area contributed by atoms with Gasteiger partial charge in [-0.3, -0.25) is 14.5 Å². The van der Waals surface area contributed by atoms with E-state index in [0.29, 0.717) is 24.7 Å². The standard InChI is InChI=1S/C22H25N3O6S/c1-15-9-16(2)11-17(10-15)23-21(26)13-25-19-12-18(3-4-20(19)31-14-22(25)27)32(28,29)24-5-7-30-8-6-24/h3-4,9-12H,5-8,13-14H2,1-2H3,(H,23,26). The van der Waals surface area contributed by atoms with Gasteiger partial charge in [-0.25, -0.2) is 8.42 Å². The van der Waals surface area contributed by atoms with Crippen molar-refractivity contribution in [3.8, 4) is 5.75 Å². The van der Waals surface area contributed by atoms with Crippen molar-refractivity contribution in [3.05, 3.63) is 47.5 Å². The van der Waals surface area contributed by atoms with E-state index in [-0.39, 0.29) is 36.8 Å². The monoisotopic (exact) mass is 459 g/mol. The van der Waals surface area contributed by atoms with Gasteiger partial charge in [-0.1, -0.05) is 6.07 Å². The van der Waals surface area contributed by atoms with Gasteiger partial charge < -0.3 is 14.8 Å². The average molecular weight is 460 g/mol. The second kappa shape index (κ2) is 8.89. The lowest BCUT2D eigenvalue weighted by molar-refractivity contribution is -0.123. The Morgan fingerprint density at radius 2 is 1.75 bits per heavy atom. The molecule has 0 aromatic heterocycles. The quantitative estimate of drug-likeness (QED) is 0.730. The summed E-state index contributed by atoms with van der Waals surface area (Å²) >= 11 is 0. The Hall–Kier alpha value is -2.95. The summed E-state index contributed by atoms with van der Waals surface area (Å²) < 4.78 is 38.1. The number of hydrogen-bond donors (Lipinski definition) is 1. The van der Waals surface area contributed by atoms with Gasteiger partial charge in [-0.2, -0.15) is 4.31 Å². The number of carbonyl (C=O) groups excluding carboxylic acids is 2. The Balaban J connectivity index is 1.59. The molecule has 2 aliphatic rings. The summed E-state index contributed by atoms with van der Waals surface area (Å²) in [5.41, 5.74) is 2.90. The van der Waals surface area contributed by atoms with Crippen molar-refractivity contribution in [2.24, 2.45) is 0 Å². The number of sulfonamides is 1. The predicted octanol–water partition coefficient (Wildman–Crippen LogP) is 1.69. The highest BCUT2D eigenvalue weighted by Gasteiger charge is 2.32. The molecule has 0 spiro atoms. The third-order valence-corrected chi connectivity index (χ3v) is 7.18. The van der Waals surface area contributed by atoms with Crippen LogP contribution in [0.25, 0.3) is 0 Å². The van der Waals surface area contributed by atoms with Crippen LogP contribution in [0.15, 0.2) is 41.3 Å². The highest BCUT2D eigenvalue weighted by atomic mass is 32.2. The molecule has 2 amide bonds. The molecule has 0 radical (unpaired) electrons. The number of rotatable bonds is 5. The van der Waals surface area contributed by atoms with Gasteiger partial charge in [0.2, 0.25) is 15.9 Å². The van der Waals surface area contributed by atoms with E-state index >= 15 is 0 Å². The van der Waals surface area contributed by atoms with Gasteiger partial charge in [0.05, 0.1) is 23.8 Å². The van der Waals surface area contributed by atoms with Gasteiger partial charge in [0, 0.05) is 18.8 Å². The molecule has 1 saturated heterocycles. The fourth-order valence-electron chi connectivity index (χ4n) is 3.84. The number of amides is 2. The Morgan fingerprint density at radius 3 is 2.44 bits per heavy atom. The molecular weight excluding hydrogens is 434 g/mol. The summed E-state index contributed by atoms with van der Waals surface area (Å²) in [4.78, 5) is 26.6. The summed E-state index contributed by atoms with van der Waals surface area (Å²) in [6.45, 7) is 4.56. The third kappa shape index (κ3) is 4.62. The minimum absolute atomic E-state index is 0.0381. The van der Waals surface area contributed by atoms with E-state index in [1.54, 1.807) is 0 Å². The zero-order valence-electron chi connectivity index (χ0n) is 18.0. The fraction of sp³-hybridized carbons (Fsp3) is 0.364. The Morgan fingerprint density at radius 1 is 1.06 bits per heavy atom. The molecule has 1 fully saturated rings. The van der Waals surface area contributed by atoms with Crippen LogP contribution < -0.4 is 15.0 Å². The smallest absolute Gasteiger partial charge is 0.265 e. The van der Waals surface area contributed by atoms with Crippen LogP contribution in [0.4, 0.5) is 11.4 Å². The first-order chi connectivity index (χ1) is 15.2. The van der Waals surface area contributed by atoms with E-state index in [0.717, 1.165) is 11.1 Å². The van der Waals surface area contributed by atoms with Gasteiger partial charge >= 0.3 is 0 Å². The number of aryl methyl sites for hydroxylation is 2. The summed E-state index contributed by atoms with van der Waals surface area (Å²) in [7, 11) is -3.76. The van der Waals surface area contributed by atoms with Crippen LogP contribution in [-0.2, 0) is 24.3 Å². The molecule has 0 unspecified atom stereocenters. The number of anilines is 2. The third-order valence-electron chi connectivity index (χ3n) is 5.29. The van der Waals surface area contributed by atoms with E-state index in [9.17, 15) is 18.0 Å². The maximum Gasteiger partial charge on any atom is 0.265 e. The molecule has 4 rings (SSSR count). The molecule has 0 atom stereocenters. The number of ether oxygens (including phenoxy) is 2. The van der Waals surface area contributed by atoms with Crippen molar-refractivity contribution in [2.45, 2.75) is 18.7 Å². The van der Waals surface area contributed by atoms with Gasteiger partial charge in [0.25, 0.3) is 5.91 Å². The zero-order valence-corrected chi connectivity index (χ0v) is 18.8. The van der Waals surface area contributed by atoms with E-state index in [4.69, 9.17) is 9.47 Å². The van der Waals surface area contributed by atoms with Crippen molar-refractivity contribution < 1.29 is 27.5 Å². The molecule has 9 nitrogen and oxygen atoms in total. The van der Waals surface area contributed by atoms with Crippen LogP contribution in [0.5, 0.6) is 5.75 Å². The Kier molecular flexibility index (Phi) is 6.18. The number of hydrogen-bond acceptors (Lipinski definition) is 6. The molecule has 2 aliphatic heterocycles. The SMILES string of the molecule is Cc1cc(C)cc(NC(=O)CN2C(=O)COc3ccc(S(=O)(=O)N4CCOCC4)cc32)c1. The number of benzene rings is 2. The van der Waals surface area contributed by atoms with Crippen LogP contribution in [0.1, 0.15) is 11.1 Å². The second-order valence-electron chi connectivity index (χ2n) is 7.84. The van der Waals surface area contributed by atoms with Crippen molar-refractivity contribution >= 4 is 33.2 Å². The Labute approximate surface area is 187 Å². The molecule has 2 aromatic carbocycles. The summed E-state index contributed by atoms with van der Waals surface area (Å²) in [5, 5.41) is 2.80. The topological polar surface area (TPSA) is 105 Å². The summed E-state index contributed by atoms with van der Waals surface area (Å²) in [6.07, 6.45) is 0. The maximum atomic E-state index is 13.0. The minimum Gasteiger partial charge on any atom is -0.482 e. The van der Waals surface area contributed by atoms with Crippen molar-refractivity contribution in [1.29, 1.82) is 0 Å². The molecular formula is C22H25N3O6S. The zero-order chi connectivity index (χ0) is 22.9. The van der Waals surface area contributed by atoms with Crippen molar-refractivity contribution in [2.75, 3.05) is 49.7 Å². The van der Waals surface area contributed by atoms with Crippen LogP contribution in [0, 0.1) is 13.8 Å². The minimum atomic E-state index is -3.76. The largest absolute Gasteiger partial charge is 0.482 e. The molecule has 0 aliphatic carbocycles. The number of fused-ring (bicyclic) bond motifs is 1. The normalized spacial score (nSPS) is 16.9. The highest BCUT2D eigenvalue weighted by molar-refractivity contribution is 7.89. The van der Waals surface area contributed by atoms with E-state index in [2.05, 4.69) is 5.32 Å². The first kappa shape index (κ1) is 22.3. The van der Waals surface area contributed by atoms with Crippen molar-refractivity contribution in [1.82, 2.24) is 4.31 Å². The number of nitrogens with zero attached hydrogens (tertiary/aromatic N) is 2.